The first-order valence-corrected chi connectivity index (χ1v) is 6.97. The Balaban J connectivity index is 2.12. The van der Waals surface area contributed by atoms with Crippen LogP contribution in [0.1, 0.15) is 25.7 Å². The summed E-state index contributed by atoms with van der Waals surface area (Å²) < 4.78 is 4.96. The number of ether oxygens (including phenoxy) is 1. The highest BCUT2D eigenvalue weighted by Gasteiger charge is 2.19. The fraction of sp³-hybridized carbons (Fsp3) is 0.923. The van der Waals surface area contributed by atoms with Gasteiger partial charge in [0.05, 0.1) is 0 Å². The zero-order valence-electron chi connectivity index (χ0n) is 11.6. The first-order chi connectivity index (χ1) is 8.77. The van der Waals surface area contributed by atoms with Crippen LogP contribution in [0.15, 0.2) is 0 Å². The first-order valence-electron chi connectivity index (χ1n) is 6.97. The Morgan fingerprint density at radius 2 is 1.89 bits per heavy atom. The third-order valence-corrected chi connectivity index (χ3v) is 3.39. The van der Waals surface area contributed by atoms with E-state index < -0.39 is 0 Å². The van der Waals surface area contributed by atoms with Crippen molar-refractivity contribution in [3.63, 3.8) is 0 Å². The first kappa shape index (κ1) is 15.4. The normalized spacial score (nSPS) is 17.1. The lowest BCUT2D eigenvalue weighted by Gasteiger charge is -2.34. The van der Waals surface area contributed by atoms with Crippen LogP contribution >= 0.6 is 0 Å². The molecule has 1 rings (SSSR count). The Hall–Kier alpha value is -0.650. The Kier molecular flexibility index (Phi) is 7.96. The topological polar surface area (TPSA) is 58.8 Å². The third-order valence-electron chi connectivity index (χ3n) is 3.39. The van der Waals surface area contributed by atoms with Gasteiger partial charge in [-0.2, -0.15) is 0 Å². The second kappa shape index (κ2) is 9.30. The minimum Gasteiger partial charge on any atom is -0.385 e. The van der Waals surface area contributed by atoms with Crippen molar-refractivity contribution in [3.05, 3.63) is 0 Å². The van der Waals surface area contributed by atoms with Gasteiger partial charge in [0, 0.05) is 46.3 Å². The molecule has 0 aromatic carbocycles. The predicted molar refractivity (Wildman–Crippen MR) is 72.4 cm³/mol. The monoisotopic (exact) mass is 257 g/mol. The molecule has 1 aliphatic rings. The Morgan fingerprint density at radius 1 is 1.17 bits per heavy atom. The average molecular weight is 257 g/mol. The third kappa shape index (κ3) is 5.80. The smallest absolute Gasteiger partial charge is 0.222 e. The van der Waals surface area contributed by atoms with E-state index in [-0.39, 0.29) is 5.91 Å². The molecule has 1 aliphatic heterocycles. The maximum atomic E-state index is 11.9. The lowest BCUT2D eigenvalue weighted by Crippen LogP contribution is -2.48. The summed E-state index contributed by atoms with van der Waals surface area (Å²) >= 11 is 0. The van der Waals surface area contributed by atoms with Gasteiger partial charge in [0.1, 0.15) is 0 Å². The Labute approximate surface area is 110 Å². The highest BCUT2D eigenvalue weighted by Crippen LogP contribution is 2.06. The van der Waals surface area contributed by atoms with Gasteiger partial charge in [-0.05, 0) is 32.4 Å². The molecule has 0 atom stereocenters. The van der Waals surface area contributed by atoms with Crippen LogP contribution in [-0.4, -0.2) is 68.7 Å². The SMILES string of the molecule is COCCCC(=O)N1CCN(CCCCN)CC1. The molecule has 1 fully saturated rings. The van der Waals surface area contributed by atoms with Crippen LogP contribution in [0.2, 0.25) is 0 Å². The molecule has 18 heavy (non-hydrogen) atoms. The summed E-state index contributed by atoms with van der Waals surface area (Å²) in [5, 5.41) is 0. The molecule has 0 bridgehead atoms. The summed E-state index contributed by atoms with van der Waals surface area (Å²) in [6.45, 7) is 6.30. The molecule has 0 spiro atoms. The molecule has 0 aromatic heterocycles. The number of hydrogen-bond acceptors (Lipinski definition) is 4. The summed E-state index contributed by atoms with van der Waals surface area (Å²) in [6, 6.07) is 0. The van der Waals surface area contributed by atoms with E-state index in [9.17, 15) is 4.79 Å². The van der Waals surface area contributed by atoms with Gasteiger partial charge >= 0.3 is 0 Å². The van der Waals surface area contributed by atoms with E-state index in [1.165, 1.54) is 0 Å². The van der Waals surface area contributed by atoms with Crippen molar-refractivity contribution < 1.29 is 9.53 Å². The van der Waals surface area contributed by atoms with Crippen molar-refractivity contribution in [2.24, 2.45) is 5.73 Å². The van der Waals surface area contributed by atoms with Crippen molar-refractivity contribution >= 4 is 5.91 Å². The van der Waals surface area contributed by atoms with E-state index in [2.05, 4.69) is 4.90 Å². The van der Waals surface area contributed by atoms with Gasteiger partial charge in [0.15, 0.2) is 0 Å². The minimum absolute atomic E-state index is 0.272. The molecule has 0 saturated carbocycles. The fourth-order valence-corrected chi connectivity index (χ4v) is 2.23. The second-order valence-electron chi connectivity index (χ2n) is 4.81. The van der Waals surface area contributed by atoms with Crippen LogP contribution in [-0.2, 0) is 9.53 Å². The lowest BCUT2D eigenvalue weighted by molar-refractivity contribution is -0.133. The number of methoxy groups -OCH3 is 1. The Bertz CT molecular complexity index is 228. The summed E-state index contributed by atoms with van der Waals surface area (Å²) in [6.07, 6.45) is 3.70. The molecule has 0 unspecified atom stereocenters. The fourth-order valence-electron chi connectivity index (χ4n) is 2.23. The van der Waals surface area contributed by atoms with Gasteiger partial charge in [-0.1, -0.05) is 0 Å². The van der Waals surface area contributed by atoms with Gasteiger partial charge in [0.25, 0.3) is 0 Å². The van der Waals surface area contributed by atoms with E-state index >= 15 is 0 Å². The highest BCUT2D eigenvalue weighted by molar-refractivity contribution is 5.76. The zero-order valence-corrected chi connectivity index (χ0v) is 11.6. The van der Waals surface area contributed by atoms with Crippen molar-refractivity contribution in [1.82, 2.24) is 9.80 Å². The van der Waals surface area contributed by atoms with Crippen LogP contribution in [0.25, 0.3) is 0 Å². The number of hydrogen-bond donors (Lipinski definition) is 1. The zero-order chi connectivity index (χ0) is 13.2. The number of piperazine rings is 1. The van der Waals surface area contributed by atoms with E-state index in [0.29, 0.717) is 13.0 Å². The van der Waals surface area contributed by atoms with E-state index in [1.807, 2.05) is 4.90 Å². The molecule has 0 radical (unpaired) electrons. The molecule has 106 valence electrons. The molecule has 1 amide bonds. The quantitative estimate of drug-likeness (QED) is 0.635. The number of rotatable bonds is 8. The summed E-state index contributed by atoms with van der Waals surface area (Å²) in [7, 11) is 1.67. The van der Waals surface area contributed by atoms with E-state index in [4.69, 9.17) is 10.5 Å². The molecular formula is C13H27N3O2. The van der Waals surface area contributed by atoms with Gasteiger partial charge in [0.2, 0.25) is 5.91 Å². The van der Waals surface area contributed by atoms with Crippen LogP contribution in [0.4, 0.5) is 0 Å². The molecule has 5 nitrogen and oxygen atoms in total. The summed E-state index contributed by atoms with van der Waals surface area (Å²) in [5.41, 5.74) is 5.48. The van der Waals surface area contributed by atoms with Gasteiger partial charge in [-0.25, -0.2) is 0 Å². The molecule has 0 aliphatic carbocycles. The number of unbranched alkanes of at least 4 members (excludes halogenated alkanes) is 1. The van der Waals surface area contributed by atoms with Gasteiger partial charge in [-0.3, -0.25) is 9.69 Å². The molecule has 2 N–H and O–H groups in total. The Morgan fingerprint density at radius 3 is 2.50 bits per heavy atom. The molecule has 1 saturated heterocycles. The van der Waals surface area contributed by atoms with Crippen LogP contribution in [0, 0.1) is 0 Å². The number of amides is 1. The van der Waals surface area contributed by atoms with Crippen LogP contribution < -0.4 is 5.73 Å². The van der Waals surface area contributed by atoms with Crippen molar-refractivity contribution in [1.29, 1.82) is 0 Å². The maximum absolute atomic E-state index is 11.9. The molecular weight excluding hydrogens is 230 g/mol. The summed E-state index contributed by atoms with van der Waals surface area (Å²) in [5.74, 6) is 0.272. The van der Waals surface area contributed by atoms with Crippen LogP contribution in [0.3, 0.4) is 0 Å². The van der Waals surface area contributed by atoms with Crippen molar-refractivity contribution in [2.45, 2.75) is 25.7 Å². The largest absolute Gasteiger partial charge is 0.385 e. The number of nitrogens with two attached hydrogens (primary N) is 1. The summed E-state index contributed by atoms with van der Waals surface area (Å²) in [4.78, 5) is 16.3. The van der Waals surface area contributed by atoms with E-state index in [0.717, 1.165) is 58.5 Å². The predicted octanol–water partition coefficient (Wildman–Crippen LogP) is 0.296. The maximum Gasteiger partial charge on any atom is 0.222 e. The van der Waals surface area contributed by atoms with Crippen molar-refractivity contribution in [2.75, 3.05) is 53.0 Å². The second-order valence-corrected chi connectivity index (χ2v) is 4.81. The highest BCUT2D eigenvalue weighted by atomic mass is 16.5. The average Bonchev–Trinajstić information content (AvgIpc) is 2.40. The number of carbonyl (C=O) groups is 1. The standard InChI is InChI=1S/C13H27N3O2/c1-18-12-4-5-13(17)16-10-8-15(9-11-16)7-3-2-6-14/h2-12,14H2,1H3. The van der Waals surface area contributed by atoms with Crippen LogP contribution in [0.5, 0.6) is 0 Å². The molecule has 1 heterocycles. The number of nitrogens with zero attached hydrogens (tertiary/aromatic N) is 2. The van der Waals surface area contributed by atoms with Gasteiger partial charge < -0.3 is 15.4 Å². The van der Waals surface area contributed by atoms with Gasteiger partial charge in [-0.15, -0.1) is 0 Å². The lowest BCUT2D eigenvalue weighted by atomic mass is 10.2. The minimum atomic E-state index is 0.272. The van der Waals surface area contributed by atoms with Crippen molar-refractivity contribution in [3.8, 4) is 0 Å². The molecule has 0 aromatic rings. The number of carbonyl (C=O) groups excluding carboxylic acids is 1. The molecule has 5 heteroatoms. The van der Waals surface area contributed by atoms with E-state index in [1.54, 1.807) is 7.11 Å².